The molecule has 1 rings (SSSR count). The van der Waals surface area contributed by atoms with Gasteiger partial charge in [0.25, 0.3) is 0 Å². The van der Waals surface area contributed by atoms with Gasteiger partial charge >= 0.3 is 5.97 Å². The number of hydrogen-bond acceptors (Lipinski definition) is 2. The largest absolute Gasteiger partial charge is 0.466 e. The summed E-state index contributed by atoms with van der Waals surface area (Å²) in [5.74, 6) is -0.357. The molecule has 4 heteroatoms. The molecule has 0 unspecified atom stereocenters. The zero-order chi connectivity index (χ0) is 10.6. The molecule has 74 valence electrons. The average Bonchev–Trinajstić information content (AvgIpc) is 2.19. The van der Waals surface area contributed by atoms with Crippen LogP contribution in [0.1, 0.15) is 5.56 Å². The van der Waals surface area contributed by atoms with Crippen molar-refractivity contribution in [2.24, 2.45) is 0 Å². The number of esters is 1. The summed E-state index contributed by atoms with van der Waals surface area (Å²) in [4.78, 5) is 10.8. The van der Waals surface area contributed by atoms with Crippen LogP contribution in [0.4, 0.5) is 0 Å². The van der Waals surface area contributed by atoms with Gasteiger partial charge in [0, 0.05) is 15.0 Å². The second-order valence-electron chi connectivity index (χ2n) is 2.53. The van der Waals surface area contributed by atoms with Gasteiger partial charge in [-0.2, -0.15) is 0 Å². The first-order valence-electron chi connectivity index (χ1n) is 3.84. The van der Waals surface area contributed by atoms with E-state index >= 15 is 0 Å². The molecule has 2 nitrogen and oxygen atoms in total. The Labute approximate surface area is 99.2 Å². The zero-order valence-electron chi connectivity index (χ0n) is 7.46. The van der Waals surface area contributed by atoms with Gasteiger partial charge in [0.05, 0.1) is 7.11 Å². The number of halogens is 2. The molecule has 0 saturated heterocycles. The number of rotatable bonds is 2. The van der Waals surface area contributed by atoms with E-state index in [9.17, 15) is 4.79 Å². The number of hydrogen-bond donors (Lipinski definition) is 0. The van der Waals surface area contributed by atoms with Gasteiger partial charge in [-0.1, -0.05) is 6.07 Å². The maximum absolute atomic E-state index is 10.8. The van der Waals surface area contributed by atoms with Crippen molar-refractivity contribution in [3.8, 4) is 0 Å². The standard InChI is InChI=1S/C10H8Br2O2/c1-14-10(13)5-3-7-2-4-8(11)9(12)6-7/h2-6H,1H3/b5-3+. The van der Waals surface area contributed by atoms with Crippen LogP contribution in [0.25, 0.3) is 6.08 Å². The van der Waals surface area contributed by atoms with Crippen LogP contribution < -0.4 is 0 Å². The Morgan fingerprint density at radius 2 is 2.07 bits per heavy atom. The highest BCUT2D eigenvalue weighted by Gasteiger charge is 1.96. The molecule has 0 aliphatic rings. The summed E-state index contributed by atoms with van der Waals surface area (Å²) in [6, 6.07) is 5.71. The molecule has 0 amide bonds. The minimum atomic E-state index is -0.357. The number of methoxy groups -OCH3 is 1. The Balaban J connectivity index is 2.83. The monoisotopic (exact) mass is 318 g/mol. The first-order valence-corrected chi connectivity index (χ1v) is 5.43. The van der Waals surface area contributed by atoms with Crippen LogP contribution in [0, 0.1) is 0 Å². The summed E-state index contributed by atoms with van der Waals surface area (Å²) in [7, 11) is 1.35. The van der Waals surface area contributed by atoms with Crippen LogP contribution in [0.15, 0.2) is 33.2 Å². The van der Waals surface area contributed by atoms with Crippen LogP contribution in [0.3, 0.4) is 0 Å². The highest BCUT2D eigenvalue weighted by atomic mass is 79.9. The Hall–Kier alpha value is -0.610. The Kier molecular flexibility index (Phi) is 4.35. The predicted octanol–water partition coefficient (Wildman–Crippen LogP) is 3.40. The topological polar surface area (TPSA) is 26.3 Å². The normalized spacial score (nSPS) is 10.5. The lowest BCUT2D eigenvalue weighted by molar-refractivity contribution is -0.134. The van der Waals surface area contributed by atoms with Crippen molar-refractivity contribution in [1.29, 1.82) is 0 Å². The van der Waals surface area contributed by atoms with E-state index in [1.165, 1.54) is 13.2 Å². The van der Waals surface area contributed by atoms with E-state index in [1.807, 2.05) is 18.2 Å². The molecule has 0 fully saturated rings. The number of ether oxygens (including phenoxy) is 1. The lowest BCUT2D eigenvalue weighted by Gasteiger charge is -1.97. The van der Waals surface area contributed by atoms with Crippen LogP contribution in [-0.4, -0.2) is 13.1 Å². The minimum absolute atomic E-state index is 0.357. The predicted molar refractivity (Wildman–Crippen MR) is 62.9 cm³/mol. The number of carbonyl (C=O) groups is 1. The first-order chi connectivity index (χ1) is 6.63. The van der Waals surface area contributed by atoms with E-state index in [0.717, 1.165) is 14.5 Å². The molecule has 1 aromatic rings. The van der Waals surface area contributed by atoms with Gasteiger partial charge < -0.3 is 4.74 Å². The molecule has 0 atom stereocenters. The molecule has 0 spiro atoms. The van der Waals surface area contributed by atoms with Gasteiger partial charge in [0.1, 0.15) is 0 Å². The van der Waals surface area contributed by atoms with Gasteiger partial charge in [-0.3, -0.25) is 0 Å². The summed E-state index contributed by atoms with van der Waals surface area (Å²) in [6.07, 6.45) is 3.08. The van der Waals surface area contributed by atoms with Gasteiger partial charge in [-0.15, -0.1) is 0 Å². The lowest BCUT2D eigenvalue weighted by Crippen LogP contribution is -1.93. The Bertz CT molecular complexity index is 372. The SMILES string of the molecule is COC(=O)/C=C/c1ccc(Br)c(Br)c1. The molecule has 0 heterocycles. The fraction of sp³-hybridized carbons (Fsp3) is 0.100. The van der Waals surface area contributed by atoms with Crippen molar-refractivity contribution in [2.45, 2.75) is 0 Å². The van der Waals surface area contributed by atoms with Gasteiger partial charge in [0.2, 0.25) is 0 Å². The van der Waals surface area contributed by atoms with Crippen molar-refractivity contribution in [3.05, 3.63) is 38.8 Å². The molecular formula is C10H8Br2O2. The van der Waals surface area contributed by atoms with Gasteiger partial charge in [0.15, 0.2) is 0 Å². The molecule has 1 aromatic carbocycles. The molecular weight excluding hydrogens is 312 g/mol. The molecule has 0 aromatic heterocycles. The summed E-state index contributed by atoms with van der Waals surface area (Å²) in [6.45, 7) is 0. The number of benzene rings is 1. The smallest absolute Gasteiger partial charge is 0.330 e. The van der Waals surface area contributed by atoms with Crippen molar-refractivity contribution in [2.75, 3.05) is 7.11 Å². The average molecular weight is 320 g/mol. The van der Waals surface area contributed by atoms with Crippen LogP contribution in [0.2, 0.25) is 0 Å². The molecule has 14 heavy (non-hydrogen) atoms. The summed E-state index contributed by atoms with van der Waals surface area (Å²) < 4.78 is 6.41. The fourth-order valence-corrected chi connectivity index (χ4v) is 1.49. The highest BCUT2D eigenvalue weighted by Crippen LogP contribution is 2.24. The maximum Gasteiger partial charge on any atom is 0.330 e. The molecule has 0 aliphatic carbocycles. The molecule has 0 aliphatic heterocycles. The first kappa shape index (κ1) is 11.5. The minimum Gasteiger partial charge on any atom is -0.466 e. The van der Waals surface area contributed by atoms with Crippen molar-refractivity contribution in [3.63, 3.8) is 0 Å². The van der Waals surface area contributed by atoms with E-state index in [4.69, 9.17) is 0 Å². The van der Waals surface area contributed by atoms with Crippen LogP contribution in [-0.2, 0) is 9.53 Å². The zero-order valence-corrected chi connectivity index (χ0v) is 10.6. The third kappa shape index (κ3) is 3.27. The third-order valence-corrected chi connectivity index (χ3v) is 3.44. The van der Waals surface area contributed by atoms with Gasteiger partial charge in [-0.05, 0) is 55.6 Å². The van der Waals surface area contributed by atoms with E-state index in [0.29, 0.717) is 0 Å². The van der Waals surface area contributed by atoms with E-state index in [-0.39, 0.29) is 5.97 Å². The number of carbonyl (C=O) groups excluding carboxylic acids is 1. The van der Waals surface area contributed by atoms with E-state index in [2.05, 4.69) is 36.6 Å². The maximum atomic E-state index is 10.8. The quantitative estimate of drug-likeness (QED) is 0.617. The summed E-state index contributed by atoms with van der Waals surface area (Å²) >= 11 is 6.73. The molecule has 0 radical (unpaired) electrons. The Morgan fingerprint density at radius 1 is 1.36 bits per heavy atom. The Morgan fingerprint density at radius 3 is 2.64 bits per heavy atom. The highest BCUT2D eigenvalue weighted by molar-refractivity contribution is 9.13. The van der Waals surface area contributed by atoms with E-state index in [1.54, 1.807) is 6.08 Å². The molecule has 0 saturated carbocycles. The van der Waals surface area contributed by atoms with Crippen LogP contribution in [0.5, 0.6) is 0 Å². The van der Waals surface area contributed by atoms with Crippen LogP contribution >= 0.6 is 31.9 Å². The van der Waals surface area contributed by atoms with Crippen molar-refractivity contribution < 1.29 is 9.53 Å². The van der Waals surface area contributed by atoms with Crippen molar-refractivity contribution >= 4 is 43.9 Å². The second-order valence-corrected chi connectivity index (χ2v) is 4.24. The summed E-state index contributed by atoms with van der Waals surface area (Å²) in [5, 5.41) is 0. The fourth-order valence-electron chi connectivity index (χ4n) is 0.848. The van der Waals surface area contributed by atoms with Gasteiger partial charge in [-0.25, -0.2) is 4.79 Å². The second kappa shape index (κ2) is 5.32. The summed E-state index contributed by atoms with van der Waals surface area (Å²) in [5.41, 5.74) is 0.936. The molecule has 0 N–H and O–H groups in total. The van der Waals surface area contributed by atoms with E-state index < -0.39 is 0 Å². The lowest BCUT2D eigenvalue weighted by atomic mass is 10.2. The van der Waals surface area contributed by atoms with Crippen molar-refractivity contribution in [1.82, 2.24) is 0 Å². The molecule has 0 bridgehead atoms. The third-order valence-electron chi connectivity index (χ3n) is 1.56.